The van der Waals surface area contributed by atoms with Gasteiger partial charge in [0.05, 0.1) is 19.1 Å². The van der Waals surface area contributed by atoms with Crippen molar-refractivity contribution in [2.75, 3.05) is 19.2 Å². The molecule has 3 rings (SSSR count). The van der Waals surface area contributed by atoms with Crippen molar-refractivity contribution >= 4 is 32.8 Å². The van der Waals surface area contributed by atoms with Crippen LogP contribution >= 0.6 is 15.9 Å². The Kier molecular flexibility index (Phi) is 4.29. The number of anilines is 1. The van der Waals surface area contributed by atoms with Gasteiger partial charge in [0.15, 0.2) is 12.0 Å². The van der Waals surface area contributed by atoms with E-state index >= 15 is 0 Å². The van der Waals surface area contributed by atoms with Gasteiger partial charge in [-0.25, -0.2) is 15.4 Å². The summed E-state index contributed by atoms with van der Waals surface area (Å²) in [7, 11) is 1.46. The number of hydrogen-bond donors (Lipinski definition) is 4. The average Bonchev–Trinajstić information content (AvgIpc) is 2.96. The molecule has 0 aliphatic carbocycles. The first kappa shape index (κ1) is 16.6. The predicted octanol–water partition coefficient (Wildman–Crippen LogP) is 0.169. The molecule has 10 heteroatoms. The van der Waals surface area contributed by atoms with Crippen molar-refractivity contribution in [3.8, 4) is 0 Å². The van der Waals surface area contributed by atoms with E-state index in [2.05, 4.69) is 31.4 Å². The maximum Gasteiger partial charge on any atom is 0.167 e. The zero-order valence-electron chi connectivity index (χ0n) is 12.5. The lowest BCUT2D eigenvalue weighted by atomic mass is 9.96. The molecule has 0 aromatic carbocycles. The second-order valence-electron chi connectivity index (χ2n) is 5.49. The standard InChI is InChI=1S/C13H17BrN4O5/c1-13(21)9(20)7(4-19)23-12(13)18-3-6(14)8-10(17-22-2)15-5-16-11(8)18/h3,5,7,9,12,19-21H,4H2,1-2H3,(H,15,16,17)/t7-,9-,12?,13-/m1/s1. The van der Waals surface area contributed by atoms with Crippen molar-refractivity contribution < 1.29 is 24.9 Å². The first-order chi connectivity index (χ1) is 10.9. The molecule has 1 fully saturated rings. The first-order valence-corrected chi connectivity index (χ1v) is 7.68. The van der Waals surface area contributed by atoms with Crippen molar-refractivity contribution in [1.29, 1.82) is 0 Å². The van der Waals surface area contributed by atoms with Crippen molar-refractivity contribution in [3.63, 3.8) is 0 Å². The third-order valence-electron chi connectivity index (χ3n) is 3.95. The average molecular weight is 389 g/mol. The summed E-state index contributed by atoms with van der Waals surface area (Å²) in [6.07, 6.45) is -0.0206. The molecule has 4 N–H and O–H groups in total. The van der Waals surface area contributed by atoms with E-state index in [9.17, 15) is 15.3 Å². The Balaban J connectivity index is 2.13. The summed E-state index contributed by atoms with van der Waals surface area (Å²) in [5.41, 5.74) is 1.53. The molecule has 126 valence electrons. The zero-order valence-corrected chi connectivity index (χ0v) is 14.1. The maximum absolute atomic E-state index is 10.6. The maximum atomic E-state index is 10.6. The molecule has 2 aromatic rings. The summed E-state index contributed by atoms with van der Waals surface area (Å²) in [5, 5.41) is 30.7. The molecule has 0 amide bonds. The molecule has 0 spiro atoms. The third-order valence-corrected chi connectivity index (χ3v) is 4.55. The van der Waals surface area contributed by atoms with Gasteiger partial charge in [-0.05, 0) is 22.9 Å². The summed E-state index contributed by atoms with van der Waals surface area (Å²) < 4.78 is 7.87. The van der Waals surface area contributed by atoms with E-state index < -0.39 is 30.6 Å². The lowest BCUT2D eigenvalue weighted by molar-refractivity contribution is -0.0948. The van der Waals surface area contributed by atoms with Gasteiger partial charge in [0.25, 0.3) is 0 Å². The minimum absolute atomic E-state index is 0.403. The monoisotopic (exact) mass is 388 g/mol. The largest absolute Gasteiger partial charge is 0.394 e. The van der Waals surface area contributed by atoms with Crippen molar-refractivity contribution in [1.82, 2.24) is 14.5 Å². The van der Waals surface area contributed by atoms with Gasteiger partial charge in [-0.1, -0.05) is 0 Å². The van der Waals surface area contributed by atoms with Crippen molar-refractivity contribution in [2.45, 2.75) is 31.0 Å². The lowest BCUT2D eigenvalue weighted by Crippen LogP contribution is -2.44. The molecular weight excluding hydrogens is 372 g/mol. The molecule has 0 bridgehead atoms. The van der Waals surface area contributed by atoms with Crippen LogP contribution in [0.4, 0.5) is 5.82 Å². The normalized spacial score (nSPS) is 31.0. The Bertz CT molecular complexity index is 722. The van der Waals surface area contributed by atoms with E-state index in [4.69, 9.17) is 9.57 Å². The molecule has 4 atom stereocenters. The Morgan fingerprint density at radius 3 is 2.87 bits per heavy atom. The summed E-state index contributed by atoms with van der Waals surface area (Å²) in [6.45, 7) is 1.05. The van der Waals surface area contributed by atoms with Gasteiger partial charge in [-0.15, -0.1) is 0 Å². The van der Waals surface area contributed by atoms with Gasteiger partial charge >= 0.3 is 0 Å². The Morgan fingerprint density at radius 1 is 1.52 bits per heavy atom. The van der Waals surface area contributed by atoms with Crippen LogP contribution in [0.5, 0.6) is 0 Å². The molecule has 3 heterocycles. The number of aliphatic hydroxyl groups is 3. The van der Waals surface area contributed by atoms with Crippen LogP contribution in [0.1, 0.15) is 13.2 Å². The molecule has 23 heavy (non-hydrogen) atoms. The lowest BCUT2D eigenvalue weighted by Gasteiger charge is -2.27. The van der Waals surface area contributed by atoms with E-state index in [0.717, 1.165) is 0 Å². The van der Waals surface area contributed by atoms with Crippen LogP contribution in [0, 0.1) is 0 Å². The molecule has 1 unspecified atom stereocenters. The molecule has 1 aliphatic rings. The minimum atomic E-state index is -1.60. The van der Waals surface area contributed by atoms with E-state index in [1.54, 1.807) is 10.8 Å². The molecule has 1 aliphatic heterocycles. The van der Waals surface area contributed by atoms with Crippen LogP contribution in [0.2, 0.25) is 0 Å². The number of rotatable bonds is 4. The van der Waals surface area contributed by atoms with Crippen molar-refractivity contribution in [2.24, 2.45) is 0 Å². The second-order valence-corrected chi connectivity index (χ2v) is 6.35. The summed E-state index contributed by atoms with van der Waals surface area (Å²) in [6, 6.07) is 0. The van der Waals surface area contributed by atoms with Crippen LogP contribution in [0.25, 0.3) is 11.0 Å². The van der Waals surface area contributed by atoms with Gasteiger partial charge in [0, 0.05) is 10.7 Å². The fourth-order valence-corrected chi connectivity index (χ4v) is 3.37. The number of fused-ring (bicyclic) bond motifs is 1. The molecule has 2 aromatic heterocycles. The Hall–Kier alpha value is -1.30. The number of halogens is 1. The van der Waals surface area contributed by atoms with Crippen LogP contribution < -0.4 is 5.48 Å². The van der Waals surface area contributed by atoms with E-state index in [0.29, 0.717) is 21.3 Å². The highest BCUT2D eigenvalue weighted by molar-refractivity contribution is 9.10. The third kappa shape index (κ3) is 2.51. The number of aromatic nitrogens is 3. The van der Waals surface area contributed by atoms with E-state index in [1.165, 1.54) is 20.4 Å². The highest BCUT2D eigenvalue weighted by atomic mass is 79.9. The molecule has 1 saturated heterocycles. The smallest absolute Gasteiger partial charge is 0.167 e. The SMILES string of the molecule is CONc1ncnc2c1c(Br)cn2C1O[C@H](CO)[C@@H](O)[C@@]1(C)O. The molecule has 0 radical (unpaired) electrons. The number of hydrogen-bond acceptors (Lipinski definition) is 8. The fraction of sp³-hybridized carbons (Fsp3) is 0.538. The molecular formula is C13H17BrN4O5. The minimum Gasteiger partial charge on any atom is -0.394 e. The highest BCUT2D eigenvalue weighted by Crippen LogP contribution is 2.41. The summed E-state index contributed by atoms with van der Waals surface area (Å²) in [5.74, 6) is 0.444. The van der Waals surface area contributed by atoms with E-state index in [-0.39, 0.29) is 0 Å². The van der Waals surface area contributed by atoms with Crippen LogP contribution in [-0.2, 0) is 9.57 Å². The van der Waals surface area contributed by atoms with Gasteiger partial charge in [0.1, 0.15) is 29.8 Å². The zero-order chi connectivity index (χ0) is 16.8. The fourth-order valence-electron chi connectivity index (χ4n) is 2.78. The molecule has 0 saturated carbocycles. The van der Waals surface area contributed by atoms with Gasteiger partial charge in [-0.2, -0.15) is 0 Å². The van der Waals surface area contributed by atoms with Gasteiger partial charge in [0.2, 0.25) is 0 Å². The number of aliphatic hydroxyl groups excluding tert-OH is 2. The Labute approximate surface area is 140 Å². The topological polar surface area (TPSA) is 122 Å². The second kappa shape index (κ2) is 5.96. The first-order valence-electron chi connectivity index (χ1n) is 6.88. The van der Waals surface area contributed by atoms with Gasteiger partial charge < -0.3 is 24.6 Å². The number of nitrogens with zero attached hydrogens (tertiary/aromatic N) is 3. The Morgan fingerprint density at radius 2 is 2.26 bits per heavy atom. The summed E-state index contributed by atoms with van der Waals surface area (Å²) >= 11 is 3.43. The van der Waals surface area contributed by atoms with Crippen LogP contribution in [0.3, 0.4) is 0 Å². The molecule has 9 nitrogen and oxygen atoms in total. The van der Waals surface area contributed by atoms with Crippen LogP contribution in [-0.4, -0.2) is 61.4 Å². The quantitative estimate of drug-likeness (QED) is 0.546. The number of nitrogens with one attached hydrogen (secondary N) is 1. The number of ether oxygens (including phenoxy) is 1. The van der Waals surface area contributed by atoms with E-state index in [1.807, 2.05) is 0 Å². The van der Waals surface area contributed by atoms with Crippen LogP contribution in [0.15, 0.2) is 17.0 Å². The van der Waals surface area contributed by atoms with Gasteiger partial charge in [-0.3, -0.25) is 4.84 Å². The van der Waals surface area contributed by atoms with Crippen molar-refractivity contribution in [3.05, 3.63) is 17.0 Å². The summed E-state index contributed by atoms with van der Waals surface area (Å²) in [4.78, 5) is 13.2. The highest BCUT2D eigenvalue weighted by Gasteiger charge is 2.53. The predicted molar refractivity (Wildman–Crippen MR) is 83.5 cm³/mol.